The average Bonchev–Trinajstić information content (AvgIpc) is 2.20. The van der Waals surface area contributed by atoms with Gasteiger partial charge >= 0.3 is 0 Å². The number of nitrogens with zero attached hydrogens (tertiary/aromatic N) is 2. The van der Waals surface area contributed by atoms with Crippen molar-refractivity contribution in [2.75, 3.05) is 24.3 Å². The lowest BCUT2D eigenvalue weighted by Gasteiger charge is -2.18. The van der Waals surface area contributed by atoms with Gasteiger partial charge < -0.3 is 10.2 Å². The van der Waals surface area contributed by atoms with Gasteiger partial charge in [0.05, 0.1) is 6.07 Å². The first-order valence-electron chi connectivity index (χ1n) is 4.98. The van der Waals surface area contributed by atoms with Crippen LogP contribution in [0.1, 0.15) is 12.5 Å². The maximum Gasteiger partial charge on any atom is 0.111 e. The number of rotatable bonds is 3. The average molecular weight is 203 g/mol. The van der Waals surface area contributed by atoms with Gasteiger partial charge in [-0.25, -0.2) is 0 Å². The van der Waals surface area contributed by atoms with Crippen molar-refractivity contribution < 1.29 is 0 Å². The minimum Gasteiger partial charge on any atom is -0.377 e. The maximum atomic E-state index is 8.71. The Morgan fingerprint density at radius 3 is 2.60 bits per heavy atom. The molecule has 0 radical (unpaired) electrons. The van der Waals surface area contributed by atoms with E-state index in [4.69, 9.17) is 5.26 Å². The Hall–Kier alpha value is -1.69. The van der Waals surface area contributed by atoms with Crippen LogP contribution in [0.3, 0.4) is 0 Å². The molecule has 0 heterocycles. The fraction of sp³-hybridized carbons (Fsp3) is 0.417. The van der Waals surface area contributed by atoms with Crippen molar-refractivity contribution in [3.63, 3.8) is 0 Å². The predicted octanol–water partition coefficient (Wildman–Crippen LogP) is 2.39. The van der Waals surface area contributed by atoms with E-state index in [1.165, 1.54) is 11.3 Å². The third-order valence-corrected chi connectivity index (χ3v) is 2.27. The molecule has 0 saturated carbocycles. The summed E-state index contributed by atoms with van der Waals surface area (Å²) in [6, 6.07) is 8.10. The molecule has 3 nitrogen and oxygen atoms in total. The van der Waals surface area contributed by atoms with Gasteiger partial charge in [0.15, 0.2) is 0 Å². The van der Waals surface area contributed by atoms with Gasteiger partial charge in [-0.15, -0.1) is 0 Å². The van der Waals surface area contributed by atoms with E-state index in [-0.39, 0.29) is 6.04 Å². The number of nitrogens with one attached hydrogen (secondary N) is 1. The Balaban J connectivity index is 2.93. The van der Waals surface area contributed by atoms with E-state index in [1.54, 1.807) is 0 Å². The van der Waals surface area contributed by atoms with E-state index in [0.717, 1.165) is 5.69 Å². The number of nitriles is 1. The fourth-order valence-corrected chi connectivity index (χ4v) is 1.46. The lowest BCUT2D eigenvalue weighted by Crippen LogP contribution is -2.14. The molecule has 1 aromatic carbocycles. The second-order valence-electron chi connectivity index (χ2n) is 3.89. The van der Waals surface area contributed by atoms with Gasteiger partial charge in [-0.2, -0.15) is 5.26 Å². The molecular weight excluding hydrogens is 186 g/mol. The van der Waals surface area contributed by atoms with Crippen LogP contribution in [-0.2, 0) is 0 Å². The smallest absolute Gasteiger partial charge is 0.111 e. The molecule has 80 valence electrons. The standard InChI is InChI=1S/C12H17N3/c1-9-5-6-11(14-10(2)8-13)7-12(9)15(3)4/h5-7,10,14H,1-4H3. The molecule has 1 unspecified atom stereocenters. The lowest BCUT2D eigenvalue weighted by atomic mass is 10.1. The molecule has 3 heteroatoms. The third-order valence-electron chi connectivity index (χ3n) is 2.27. The highest BCUT2D eigenvalue weighted by atomic mass is 15.1. The maximum absolute atomic E-state index is 8.71. The monoisotopic (exact) mass is 203 g/mol. The molecule has 1 atom stereocenters. The van der Waals surface area contributed by atoms with Crippen LogP contribution in [0.15, 0.2) is 18.2 Å². The Bertz CT molecular complexity index is 377. The second kappa shape index (κ2) is 4.70. The molecule has 0 fully saturated rings. The SMILES string of the molecule is Cc1ccc(NC(C)C#N)cc1N(C)C. The second-order valence-corrected chi connectivity index (χ2v) is 3.89. The van der Waals surface area contributed by atoms with Crippen LogP contribution in [0.4, 0.5) is 11.4 Å². The molecule has 1 rings (SSSR count). The summed E-state index contributed by atoms with van der Waals surface area (Å²) in [6.07, 6.45) is 0. The van der Waals surface area contributed by atoms with Crippen molar-refractivity contribution in [3.05, 3.63) is 23.8 Å². The van der Waals surface area contributed by atoms with Crippen molar-refractivity contribution in [1.29, 1.82) is 5.26 Å². The molecule has 1 aromatic rings. The van der Waals surface area contributed by atoms with Crippen molar-refractivity contribution >= 4 is 11.4 Å². The number of anilines is 2. The molecule has 0 spiro atoms. The molecule has 0 bridgehead atoms. The largest absolute Gasteiger partial charge is 0.377 e. The lowest BCUT2D eigenvalue weighted by molar-refractivity contribution is 1.01. The van der Waals surface area contributed by atoms with Gasteiger partial charge in [-0.05, 0) is 31.5 Å². The summed E-state index contributed by atoms with van der Waals surface area (Å²) in [7, 11) is 4.03. The Morgan fingerprint density at radius 2 is 2.07 bits per heavy atom. The molecule has 1 N–H and O–H groups in total. The molecule has 0 saturated heterocycles. The third kappa shape index (κ3) is 2.88. The number of benzene rings is 1. The fourth-order valence-electron chi connectivity index (χ4n) is 1.46. The van der Waals surface area contributed by atoms with Gasteiger partial charge in [0.25, 0.3) is 0 Å². The van der Waals surface area contributed by atoms with Crippen molar-refractivity contribution in [2.45, 2.75) is 19.9 Å². The van der Waals surface area contributed by atoms with E-state index in [2.05, 4.69) is 35.3 Å². The quantitative estimate of drug-likeness (QED) is 0.819. The number of aryl methyl sites for hydroxylation is 1. The van der Waals surface area contributed by atoms with Gasteiger partial charge in [0.2, 0.25) is 0 Å². The van der Waals surface area contributed by atoms with E-state index >= 15 is 0 Å². The molecule has 0 aliphatic rings. The number of hydrogen-bond donors (Lipinski definition) is 1. The van der Waals surface area contributed by atoms with Crippen molar-refractivity contribution in [2.24, 2.45) is 0 Å². The minimum absolute atomic E-state index is 0.164. The summed E-state index contributed by atoms with van der Waals surface area (Å²) < 4.78 is 0. The summed E-state index contributed by atoms with van der Waals surface area (Å²) in [5, 5.41) is 11.8. The van der Waals surface area contributed by atoms with Crippen LogP contribution in [-0.4, -0.2) is 20.1 Å². The van der Waals surface area contributed by atoms with E-state index in [9.17, 15) is 0 Å². The summed E-state index contributed by atoms with van der Waals surface area (Å²) in [4.78, 5) is 2.07. The molecule has 0 aliphatic carbocycles. The van der Waals surface area contributed by atoms with Gasteiger partial charge in [-0.3, -0.25) is 0 Å². The van der Waals surface area contributed by atoms with E-state index in [1.807, 2.05) is 27.1 Å². The minimum atomic E-state index is -0.164. The Kier molecular flexibility index (Phi) is 3.56. The summed E-state index contributed by atoms with van der Waals surface area (Å²) in [5.41, 5.74) is 3.39. The molecule has 0 amide bonds. The highest BCUT2D eigenvalue weighted by Crippen LogP contribution is 2.22. The number of hydrogen-bond acceptors (Lipinski definition) is 3. The summed E-state index contributed by atoms with van der Waals surface area (Å²) in [6.45, 7) is 3.92. The van der Waals surface area contributed by atoms with Crippen LogP contribution in [0.2, 0.25) is 0 Å². The van der Waals surface area contributed by atoms with E-state index in [0.29, 0.717) is 0 Å². The first-order valence-corrected chi connectivity index (χ1v) is 4.98. The predicted molar refractivity (Wildman–Crippen MR) is 64.2 cm³/mol. The molecule has 0 aliphatic heterocycles. The van der Waals surface area contributed by atoms with Crippen LogP contribution in [0.25, 0.3) is 0 Å². The molecule has 0 aromatic heterocycles. The zero-order valence-corrected chi connectivity index (χ0v) is 9.70. The molecule has 15 heavy (non-hydrogen) atoms. The zero-order valence-electron chi connectivity index (χ0n) is 9.70. The van der Waals surface area contributed by atoms with E-state index < -0.39 is 0 Å². The van der Waals surface area contributed by atoms with Crippen molar-refractivity contribution in [1.82, 2.24) is 0 Å². The summed E-state index contributed by atoms with van der Waals surface area (Å²) in [5.74, 6) is 0. The van der Waals surface area contributed by atoms with Gasteiger partial charge in [0, 0.05) is 25.5 Å². The zero-order chi connectivity index (χ0) is 11.4. The van der Waals surface area contributed by atoms with Crippen LogP contribution in [0, 0.1) is 18.3 Å². The highest BCUT2D eigenvalue weighted by molar-refractivity contribution is 5.62. The Morgan fingerprint density at radius 1 is 1.40 bits per heavy atom. The first-order chi connectivity index (χ1) is 7.04. The topological polar surface area (TPSA) is 39.1 Å². The first kappa shape index (κ1) is 11.4. The van der Waals surface area contributed by atoms with Crippen LogP contribution in [0.5, 0.6) is 0 Å². The van der Waals surface area contributed by atoms with Crippen LogP contribution >= 0.6 is 0 Å². The van der Waals surface area contributed by atoms with Crippen LogP contribution < -0.4 is 10.2 Å². The van der Waals surface area contributed by atoms with Gasteiger partial charge in [0.1, 0.15) is 6.04 Å². The molecular formula is C12H17N3. The van der Waals surface area contributed by atoms with Crippen molar-refractivity contribution in [3.8, 4) is 6.07 Å². The van der Waals surface area contributed by atoms with Gasteiger partial charge in [-0.1, -0.05) is 6.07 Å². The summed E-state index contributed by atoms with van der Waals surface area (Å²) >= 11 is 0. The highest BCUT2D eigenvalue weighted by Gasteiger charge is 2.04. The Labute approximate surface area is 91.3 Å². The normalized spacial score (nSPS) is 11.7.